The van der Waals surface area contributed by atoms with Gasteiger partial charge in [-0.3, -0.25) is 9.59 Å². The molecule has 0 unspecified atom stereocenters. The van der Waals surface area contributed by atoms with Gasteiger partial charge in [-0.1, -0.05) is 23.2 Å². The van der Waals surface area contributed by atoms with Gasteiger partial charge < -0.3 is 43.6 Å². The Bertz CT molecular complexity index is 2850. The number of amides is 2. The summed E-state index contributed by atoms with van der Waals surface area (Å²) in [6.07, 6.45) is 0. The molecule has 0 radical (unpaired) electrons. The molecule has 6 heterocycles. The lowest BCUT2D eigenvalue weighted by atomic mass is 10.2. The Balaban J connectivity index is 0.000000170. The lowest BCUT2D eigenvalue weighted by molar-refractivity contribution is -0.134. The molecule has 348 valence electrons. The Morgan fingerprint density at radius 2 is 0.956 bits per heavy atom. The Morgan fingerprint density at radius 1 is 0.559 bits per heavy atom. The number of aromatic nitrogens is 6. The predicted molar refractivity (Wildman–Crippen MR) is 251 cm³/mol. The molecule has 4 aromatic heterocycles. The molecule has 8 aromatic rings. The molecule has 2 aliphatic heterocycles. The van der Waals surface area contributed by atoms with Gasteiger partial charge in [-0.2, -0.15) is 15.0 Å². The van der Waals surface area contributed by atoms with Crippen molar-refractivity contribution in [3.05, 3.63) is 125 Å². The molecule has 2 fully saturated rings. The van der Waals surface area contributed by atoms with Crippen LogP contribution in [0.4, 0.5) is 26.4 Å². The molecule has 21 heteroatoms. The highest BCUT2D eigenvalue weighted by molar-refractivity contribution is 6.30. The zero-order valence-corrected chi connectivity index (χ0v) is 37.8. The zero-order chi connectivity index (χ0) is 47.3. The van der Waals surface area contributed by atoms with E-state index in [0.717, 1.165) is 0 Å². The van der Waals surface area contributed by atoms with Crippen LogP contribution in [0.25, 0.3) is 45.4 Å². The summed E-state index contributed by atoms with van der Waals surface area (Å²) in [6, 6.07) is 25.5. The van der Waals surface area contributed by atoms with E-state index in [4.69, 9.17) is 47.2 Å². The summed E-state index contributed by atoms with van der Waals surface area (Å²) in [7, 11) is 0. The van der Waals surface area contributed by atoms with Gasteiger partial charge in [0.15, 0.2) is 35.9 Å². The maximum atomic E-state index is 13.3. The number of fused-ring (bicyclic) bond motifs is 2. The number of ether oxygens (including phenoxy) is 2. The first-order valence-electron chi connectivity index (χ1n) is 21.4. The van der Waals surface area contributed by atoms with Gasteiger partial charge in [-0.15, -0.1) is 0 Å². The highest BCUT2D eigenvalue weighted by atomic mass is 35.5. The van der Waals surface area contributed by atoms with Crippen LogP contribution in [0.2, 0.25) is 10.0 Å². The number of piperazine rings is 2. The Morgan fingerprint density at radius 3 is 1.38 bits per heavy atom. The average Bonchev–Trinajstić information content (AvgIpc) is 3.99. The predicted octanol–water partition coefficient (Wildman–Crippen LogP) is 7.50. The fourth-order valence-electron chi connectivity index (χ4n) is 7.48. The molecule has 4 aromatic carbocycles. The summed E-state index contributed by atoms with van der Waals surface area (Å²) < 4.78 is 49.3. The van der Waals surface area contributed by atoms with Crippen molar-refractivity contribution in [3.8, 4) is 34.4 Å². The van der Waals surface area contributed by atoms with Crippen molar-refractivity contribution >= 4 is 75.1 Å². The van der Waals surface area contributed by atoms with E-state index in [1.54, 1.807) is 89.5 Å². The molecule has 0 bridgehead atoms. The van der Waals surface area contributed by atoms with Crippen LogP contribution >= 0.6 is 23.2 Å². The smallest absolute Gasteiger partial charge is 0.260 e. The van der Waals surface area contributed by atoms with E-state index < -0.39 is 0 Å². The molecule has 2 saturated heterocycles. The van der Waals surface area contributed by atoms with E-state index in [0.29, 0.717) is 131 Å². The fourth-order valence-corrected chi connectivity index (χ4v) is 7.73. The molecule has 2 amide bonds. The number of benzene rings is 4. The van der Waals surface area contributed by atoms with Gasteiger partial charge in [0.1, 0.15) is 29.0 Å². The second kappa shape index (κ2) is 20.1. The van der Waals surface area contributed by atoms with Crippen molar-refractivity contribution in [3.63, 3.8) is 0 Å². The van der Waals surface area contributed by atoms with E-state index in [2.05, 4.69) is 34.8 Å². The third kappa shape index (κ3) is 10.6. The number of anilines is 3. The summed E-state index contributed by atoms with van der Waals surface area (Å²) >= 11 is 11.7. The van der Waals surface area contributed by atoms with Crippen LogP contribution in [-0.4, -0.2) is 117 Å². The topological polar surface area (TPSA) is 195 Å². The number of nitrogens with two attached hydrogens (primary N) is 1. The monoisotopic (exact) mass is 963 g/mol. The molecular formula is C47H41Cl2F2N11O6. The number of hydrogen-bond acceptors (Lipinski definition) is 15. The number of halogens is 4. The summed E-state index contributed by atoms with van der Waals surface area (Å²) in [5.74, 6) is 2.75. The van der Waals surface area contributed by atoms with Crippen molar-refractivity contribution in [2.75, 3.05) is 81.1 Å². The van der Waals surface area contributed by atoms with Gasteiger partial charge in [0.2, 0.25) is 17.7 Å². The number of nitrogens with zero attached hydrogens (tertiary/aromatic N) is 10. The second-order valence-corrected chi connectivity index (χ2v) is 16.5. The number of carbonyl (C=O) groups excluding carboxylic acids is 2. The van der Waals surface area contributed by atoms with E-state index in [1.165, 1.54) is 24.3 Å². The fraction of sp³-hybridized carbons (Fsp3) is 0.234. The molecule has 2 aliphatic rings. The Labute approximate surface area is 397 Å². The van der Waals surface area contributed by atoms with Crippen LogP contribution in [0.5, 0.6) is 11.5 Å². The van der Waals surface area contributed by atoms with Crippen molar-refractivity contribution in [2.24, 2.45) is 0 Å². The number of carbonyl (C=O) groups is 2. The number of hydrogen-bond donors (Lipinski definition) is 1. The van der Waals surface area contributed by atoms with E-state index in [9.17, 15) is 18.4 Å². The molecule has 0 saturated carbocycles. The number of nitrogen functional groups attached to an aromatic ring is 1. The van der Waals surface area contributed by atoms with Gasteiger partial charge >= 0.3 is 0 Å². The van der Waals surface area contributed by atoms with Crippen molar-refractivity contribution in [1.29, 1.82) is 0 Å². The van der Waals surface area contributed by atoms with Gasteiger partial charge in [0.25, 0.3) is 23.2 Å². The van der Waals surface area contributed by atoms with Crippen LogP contribution in [0.3, 0.4) is 0 Å². The average molecular weight is 965 g/mol. The van der Waals surface area contributed by atoms with Crippen LogP contribution in [0.15, 0.2) is 106 Å². The maximum Gasteiger partial charge on any atom is 0.260 e. The quantitative estimate of drug-likeness (QED) is 0.141. The highest BCUT2D eigenvalue weighted by Crippen LogP contribution is 2.32. The minimum Gasteiger partial charge on any atom is -0.484 e. The van der Waals surface area contributed by atoms with Crippen molar-refractivity contribution in [1.82, 2.24) is 39.7 Å². The summed E-state index contributed by atoms with van der Waals surface area (Å²) in [5, 5.41) is 1.21. The molecule has 68 heavy (non-hydrogen) atoms. The third-order valence-corrected chi connectivity index (χ3v) is 11.5. The molecule has 0 spiro atoms. The number of oxazole rings is 2. The molecule has 2 N–H and O–H groups in total. The minimum atomic E-state index is -0.351. The molecule has 17 nitrogen and oxygen atoms in total. The summed E-state index contributed by atoms with van der Waals surface area (Å²) in [6.45, 7) is 5.91. The Hall–Kier alpha value is -7.64. The normalized spacial score (nSPS) is 14.0. The van der Waals surface area contributed by atoms with Crippen molar-refractivity contribution < 1.29 is 36.7 Å². The lowest BCUT2D eigenvalue weighted by Crippen LogP contribution is -2.50. The van der Waals surface area contributed by atoms with E-state index in [1.807, 2.05) is 4.90 Å². The first-order valence-corrected chi connectivity index (χ1v) is 22.1. The number of rotatable bonds is 10. The summed E-state index contributed by atoms with van der Waals surface area (Å²) in [4.78, 5) is 59.3. The lowest BCUT2D eigenvalue weighted by Gasteiger charge is -2.35. The van der Waals surface area contributed by atoms with Crippen LogP contribution in [-0.2, 0) is 9.59 Å². The molecule has 0 atom stereocenters. The van der Waals surface area contributed by atoms with E-state index >= 15 is 0 Å². The maximum absolute atomic E-state index is 13.3. The second-order valence-electron chi connectivity index (χ2n) is 15.6. The van der Waals surface area contributed by atoms with Gasteiger partial charge in [0.05, 0.1) is 0 Å². The largest absolute Gasteiger partial charge is 0.484 e. The van der Waals surface area contributed by atoms with Crippen LogP contribution < -0.4 is 25.0 Å². The first kappa shape index (κ1) is 45.5. The van der Waals surface area contributed by atoms with Gasteiger partial charge in [-0.05, 0) is 104 Å². The zero-order valence-electron chi connectivity index (χ0n) is 36.3. The summed E-state index contributed by atoms with van der Waals surface area (Å²) in [5.41, 5.74) is 8.78. The third-order valence-electron chi connectivity index (χ3n) is 11.0. The first-order chi connectivity index (χ1) is 32.9. The molecular weight excluding hydrogens is 923 g/mol. The molecule has 0 aliphatic carbocycles. The highest BCUT2D eigenvalue weighted by Gasteiger charge is 2.28. The van der Waals surface area contributed by atoms with Crippen LogP contribution in [0.1, 0.15) is 5.82 Å². The van der Waals surface area contributed by atoms with Gasteiger partial charge in [-0.25, -0.2) is 23.7 Å². The van der Waals surface area contributed by atoms with Crippen LogP contribution in [0, 0.1) is 18.6 Å². The standard InChI is InChI=1S/C24H21ClFN5O3.C23H20ClFN6O3/c1-15-27-22(21-24(28-15)34-23(29-21)16-2-6-18(26)7-3-16)31-12-10-30(11-13-31)20(32)14-33-19-8-4-17(25)5-9-19;24-15-3-7-17(8-4-15)33-13-18(32)30-9-11-31(12-10-30)20-19-22(29-23(26)28-20)34-21(27-19)14-1-5-16(25)6-2-14/h2-9H,10-14H2,1H3;1-8H,9-13H2,(H2,26,28,29). The SMILES string of the molecule is Cc1nc(N2CCN(C(=O)COc3ccc(Cl)cc3)CC2)c2nc(-c3ccc(F)cc3)oc2n1.Nc1nc(N2CCN(C(=O)COc3ccc(Cl)cc3)CC2)c2nc(-c3ccc(F)cc3)oc2n1. The number of aryl methyl sites for hydroxylation is 1. The van der Waals surface area contributed by atoms with Gasteiger partial charge in [0, 0.05) is 73.5 Å². The molecule has 10 rings (SSSR count). The van der Waals surface area contributed by atoms with Crippen molar-refractivity contribution in [2.45, 2.75) is 6.92 Å². The van der Waals surface area contributed by atoms with E-state index in [-0.39, 0.29) is 48.3 Å². The Kier molecular flexibility index (Phi) is 13.4. The minimum absolute atomic E-state index is 0.0389.